The van der Waals surface area contributed by atoms with Crippen LogP contribution in [0.3, 0.4) is 0 Å². The Labute approximate surface area is 177 Å². The molecule has 31 heavy (non-hydrogen) atoms. The lowest BCUT2D eigenvalue weighted by Gasteiger charge is -2.15. The number of benzene rings is 2. The molecular weight excluding hydrogens is 415 g/mol. The molecular formula is C22H22F3NO5. The number of aliphatic hydroxyl groups excluding tert-OH is 1. The molecule has 2 N–H and O–H groups in total. The Morgan fingerprint density at radius 2 is 1.90 bits per heavy atom. The number of ether oxygens (including phenoxy) is 2. The molecule has 1 aliphatic rings. The first kappa shape index (κ1) is 22.6. The SMILES string of the molecule is COc1ccc(C(=O)NOC(CO)C2CC2)cc1C=Cc1ccc(OC(F)(F)F)cc1. The zero-order chi connectivity index (χ0) is 22.4. The molecule has 2 aromatic carbocycles. The van der Waals surface area contributed by atoms with Gasteiger partial charge in [-0.05, 0) is 54.7 Å². The lowest BCUT2D eigenvalue weighted by molar-refractivity contribution is -0.274. The number of hydrogen-bond donors (Lipinski definition) is 2. The fraction of sp³-hybridized carbons (Fsp3) is 0.318. The van der Waals surface area contributed by atoms with Crippen LogP contribution in [0.2, 0.25) is 0 Å². The number of amides is 1. The van der Waals surface area contributed by atoms with E-state index in [1.807, 2.05) is 0 Å². The van der Waals surface area contributed by atoms with Crippen molar-refractivity contribution >= 4 is 18.1 Å². The highest BCUT2D eigenvalue weighted by Gasteiger charge is 2.32. The van der Waals surface area contributed by atoms with Crippen LogP contribution in [0.5, 0.6) is 11.5 Å². The standard InChI is InChI=1S/C22H22F3NO5/c1-29-19-11-8-17(21(28)26-31-20(13-27)15-6-7-15)12-16(19)5-2-14-3-9-18(10-4-14)30-22(23,24)25/h2-5,8-12,15,20,27H,6-7,13H2,1H3,(H,26,28). The summed E-state index contributed by atoms with van der Waals surface area (Å²) >= 11 is 0. The molecule has 1 saturated carbocycles. The van der Waals surface area contributed by atoms with Crippen LogP contribution in [0.4, 0.5) is 13.2 Å². The quantitative estimate of drug-likeness (QED) is 0.454. The van der Waals surface area contributed by atoms with Gasteiger partial charge < -0.3 is 14.6 Å². The first-order valence-electron chi connectivity index (χ1n) is 9.58. The molecule has 0 aromatic heterocycles. The zero-order valence-corrected chi connectivity index (χ0v) is 16.7. The molecule has 3 rings (SSSR count). The smallest absolute Gasteiger partial charge is 0.496 e. The molecule has 166 valence electrons. The second kappa shape index (κ2) is 9.84. The zero-order valence-electron chi connectivity index (χ0n) is 16.7. The highest BCUT2D eigenvalue weighted by Crippen LogP contribution is 2.33. The van der Waals surface area contributed by atoms with Crippen LogP contribution in [0.25, 0.3) is 12.2 Å². The van der Waals surface area contributed by atoms with E-state index in [1.165, 1.54) is 31.4 Å². The fourth-order valence-electron chi connectivity index (χ4n) is 2.91. The summed E-state index contributed by atoms with van der Waals surface area (Å²) in [6.45, 7) is -0.172. The predicted molar refractivity (Wildman–Crippen MR) is 107 cm³/mol. The van der Waals surface area contributed by atoms with Crippen molar-refractivity contribution in [3.63, 3.8) is 0 Å². The number of rotatable bonds is 9. The van der Waals surface area contributed by atoms with E-state index >= 15 is 0 Å². The molecule has 0 aliphatic heterocycles. The number of carbonyl (C=O) groups is 1. The molecule has 2 aromatic rings. The van der Waals surface area contributed by atoms with E-state index in [4.69, 9.17) is 9.57 Å². The topological polar surface area (TPSA) is 77.0 Å². The average Bonchev–Trinajstić information content (AvgIpc) is 3.57. The van der Waals surface area contributed by atoms with E-state index in [1.54, 1.807) is 30.4 Å². The van der Waals surface area contributed by atoms with E-state index in [0.717, 1.165) is 12.8 Å². The van der Waals surface area contributed by atoms with Gasteiger partial charge in [-0.2, -0.15) is 0 Å². The maximum absolute atomic E-state index is 12.4. The summed E-state index contributed by atoms with van der Waals surface area (Å²) in [5, 5.41) is 9.32. The van der Waals surface area contributed by atoms with Gasteiger partial charge in [0.05, 0.1) is 13.7 Å². The lowest BCUT2D eigenvalue weighted by Crippen LogP contribution is -2.32. The van der Waals surface area contributed by atoms with E-state index < -0.39 is 18.4 Å². The Morgan fingerprint density at radius 1 is 1.19 bits per heavy atom. The number of aliphatic hydroxyl groups is 1. The minimum atomic E-state index is -4.74. The molecule has 9 heteroatoms. The number of hydrogen-bond acceptors (Lipinski definition) is 5. The van der Waals surface area contributed by atoms with Crippen molar-refractivity contribution in [2.75, 3.05) is 13.7 Å². The minimum Gasteiger partial charge on any atom is -0.496 e. The molecule has 0 bridgehead atoms. The predicted octanol–water partition coefficient (Wildman–Crippen LogP) is 4.20. The van der Waals surface area contributed by atoms with Crippen molar-refractivity contribution in [3.8, 4) is 11.5 Å². The summed E-state index contributed by atoms with van der Waals surface area (Å²) in [6.07, 6.45) is 0.0969. The number of alkyl halides is 3. The third-order valence-electron chi connectivity index (χ3n) is 4.69. The van der Waals surface area contributed by atoms with Crippen molar-refractivity contribution < 1.29 is 37.4 Å². The number of nitrogens with one attached hydrogen (secondary N) is 1. The molecule has 1 atom stereocenters. The molecule has 1 amide bonds. The molecule has 0 radical (unpaired) electrons. The van der Waals surface area contributed by atoms with Crippen LogP contribution < -0.4 is 15.0 Å². The Balaban J connectivity index is 1.69. The lowest BCUT2D eigenvalue weighted by atomic mass is 10.1. The van der Waals surface area contributed by atoms with Gasteiger partial charge in [-0.1, -0.05) is 24.3 Å². The summed E-state index contributed by atoms with van der Waals surface area (Å²) in [4.78, 5) is 17.7. The van der Waals surface area contributed by atoms with Gasteiger partial charge in [-0.15, -0.1) is 13.2 Å². The molecule has 1 fully saturated rings. The molecule has 1 unspecified atom stereocenters. The monoisotopic (exact) mass is 437 g/mol. The second-order valence-corrected chi connectivity index (χ2v) is 7.01. The largest absolute Gasteiger partial charge is 0.573 e. The highest BCUT2D eigenvalue weighted by molar-refractivity contribution is 5.94. The van der Waals surface area contributed by atoms with Gasteiger partial charge in [-0.25, -0.2) is 5.48 Å². The van der Waals surface area contributed by atoms with Crippen molar-refractivity contribution in [1.82, 2.24) is 5.48 Å². The first-order chi connectivity index (χ1) is 14.8. The average molecular weight is 437 g/mol. The third kappa shape index (κ3) is 6.73. The van der Waals surface area contributed by atoms with Gasteiger partial charge in [-0.3, -0.25) is 9.63 Å². The second-order valence-electron chi connectivity index (χ2n) is 7.01. The first-order valence-corrected chi connectivity index (χ1v) is 9.58. The number of carbonyl (C=O) groups excluding carboxylic acids is 1. The summed E-state index contributed by atoms with van der Waals surface area (Å²) in [7, 11) is 1.49. The van der Waals surface area contributed by atoms with Crippen LogP contribution in [0, 0.1) is 5.92 Å². The molecule has 0 spiro atoms. The highest BCUT2D eigenvalue weighted by atomic mass is 19.4. The normalized spacial score (nSPS) is 15.0. The molecule has 0 saturated heterocycles. The van der Waals surface area contributed by atoms with Gasteiger partial charge in [0, 0.05) is 11.1 Å². The fourth-order valence-corrected chi connectivity index (χ4v) is 2.91. The van der Waals surface area contributed by atoms with Crippen molar-refractivity contribution in [3.05, 3.63) is 59.2 Å². The maximum atomic E-state index is 12.4. The summed E-state index contributed by atoms with van der Waals surface area (Å²) in [6, 6.07) is 10.2. The van der Waals surface area contributed by atoms with Gasteiger partial charge in [0.2, 0.25) is 0 Å². The maximum Gasteiger partial charge on any atom is 0.573 e. The Kier molecular flexibility index (Phi) is 7.19. The van der Waals surface area contributed by atoms with Crippen LogP contribution in [0.1, 0.15) is 34.3 Å². The Bertz CT molecular complexity index is 924. The van der Waals surface area contributed by atoms with Gasteiger partial charge in [0.1, 0.15) is 17.6 Å². The van der Waals surface area contributed by atoms with Crippen LogP contribution in [0.15, 0.2) is 42.5 Å². The summed E-state index contributed by atoms with van der Waals surface area (Å²) < 4.78 is 45.9. The van der Waals surface area contributed by atoms with Crippen LogP contribution in [-0.2, 0) is 4.84 Å². The van der Waals surface area contributed by atoms with Gasteiger partial charge >= 0.3 is 6.36 Å². The van der Waals surface area contributed by atoms with Gasteiger partial charge in [0.15, 0.2) is 0 Å². The van der Waals surface area contributed by atoms with E-state index in [2.05, 4.69) is 10.2 Å². The summed E-state index contributed by atoms with van der Waals surface area (Å²) in [5.74, 6) is -0.0112. The van der Waals surface area contributed by atoms with E-state index in [9.17, 15) is 23.1 Å². The third-order valence-corrected chi connectivity index (χ3v) is 4.69. The van der Waals surface area contributed by atoms with Crippen molar-refractivity contribution in [2.24, 2.45) is 5.92 Å². The van der Waals surface area contributed by atoms with Crippen molar-refractivity contribution in [1.29, 1.82) is 0 Å². The Hall–Kier alpha value is -3.04. The van der Waals surface area contributed by atoms with Crippen LogP contribution >= 0.6 is 0 Å². The summed E-state index contributed by atoms with van der Waals surface area (Å²) in [5.41, 5.74) is 3.91. The molecule has 6 nitrogen and oxygen atoms in total. The minimum absolute atomic E-state index is 0.172. The number of methoxy groups -OCH3 is 1. The Morgan fingerprint density at radius 3 is 2.48 bits per heavy atom. The molecule has 1 aliphatic carbocycles. The van der Waals surface area contributed by atoms with Gasteiger partial charge in [0.25, 0.3) is 5.91 Å². The number of halogens is 3. The van der Waals surface area contributed by atoms with Crippen molar-refractivity contribution in [2.45, 2.75) is 25.3 Å². The van der Waals surface area contributed by atoms with E-state index in [0.29, 0.717) is 22.4 Å². The molecule has 0 heterocycles. The number of hydroxylamine groups is 1. The van der Waals surface area contributed by atoms with Crippen LogP contribution in [-0.4, -0.2) is 37.2 Å². The van der Waals surface area contributed by atoms with E-state index in [-0.39, 0.29) is 18.3 Å².